The van der Waals surface area contributed by atoms with E-state index in [0.29, 0.717) is 16.9 Å². The third-order valence-corrected chi connectivity index (χ3v) is 3.95. The van der Waals surface area contributed by atoms with Gasteiger partial charge in [0.2, 0.25) is 11.8 Å². The van der Waals surface area contributed by atoms with Crippen molar-refractivity contribution in [1.29, 1.82) is 0 Å². The molecule has 154 valence electrons. The minimum absolute atomic E-state index is 0.0826. The topological polar surface area (TPSA) is 86.3 Å². The second-order valence-corrected chi connectivity index (χ2v) is 5.94. The number of fused-ring (bicyclic) bond motifs is 1. The molecule has 4 rings (SSSR count). The Kier molecular flexibility index (Phi) is 6.21. The fraction of sp³-hybridized carbons (Fsp3) is 0.143. The second-order valence-electron chi connectivity index (χ2n) is 5.94. The Morgan fingerprint density at radius 3 is 2.73 bits per heavy atom. The number of aromatic nitrogens is 5. The van der Waals surface area contributed by atoms with Crippen molar-refractivity contribution in [3.63, 3.8) is 0 Å². The number of benzene rings is 1. The van der Waals surface area contributed by atoms with Crippen molar-refractivity contribution in [2.45, 2.75) is 13.8 Å². The van der Waals surface area contributed by atoms with E-state index in [9.17, 15) is 9.18 Å². The maximum absolute atomic E-state index is 14.3. The van der Waals surface area contributed by atoms with Crippen molar-refractivity contribution in [2.75, 3.05) is 5.32 Å². The summed E-state index contributed by atoms with van der Waals surface area (Å²) >= 11 is 0. The first kappa shape index (κ1) is 20.7. The molecule has 30 heavy (non-hydrogen) atoms. The van der Waals surface area contributed by atoms with Crippen LogP contribution in [0.5, 0.6) is 11.6 Å². The zero-order valence-corrected chi connectivity index (χ0v) is 16.8. The number of ether oxygens (including phenoxy) is 1. The molecule has 3 heterocycles. The van der Waals surface area contributed by atoms with Crippen LogP contribution in [0.3, 0.4) is 0 Å². The molecule has 0 radical (unpaired) electrons. The Balaban J connectivity index is 0.00000124. The van der Waals surface area contributed by atoms with Gasteiger partial charge in [-0.3, -0.25) is 9.48 Å². The van der Waals surface area contributed by atoms with Gasteiger partial charge in [-0.2, -0.15) is 10.2 Å². The molecule has 0 aliphatic carbocycles. The van der Waals surface area contributed by atoms with E-state index >= 15 is 0 Å². The smallest absolute Gasteiger partial charge is 0.247 e. The summed E-state index contributed by atoms with van der Waals surface area (Å²) in [5, 5.41) is 10.9. The average molecular weight is 408 g/mol. The maximum Gasteiger partial charge on any atom is 0.247 e. The molecule has 1 aromatic carbocycles. The van der Waals surface area contributed by atoms with Crippen molar-refractivity contribution in [3.05, 3.63) is 67.5 Å². The highest BCUT2D eigenvalue weighted by Gasteiger charge is 2.15. The van der Waals surface area contributed by atoms with Gasteiger partial charge in [0.25, 0.3) is 0 Å². The van der Waals surface area contributed by atoms with Gasteiger partial charge in [0.15, 0.2) is 11.6 Å². The van der Waals surface area contributed by atoms with Gasteiger partial charge in [-0.05, 0) is 24.3 Å². The lowest BCUT2D eigenvalue weighted by Gasteiger charge is -2.11. The van der Waals surface area contributed by atoms with Crippen molar-refractivity contribution in [2.24, 2.45) is 7.05 Å². The quantitative estimate of drug-likeness (QED) is 0.500. The first-order valence-corrected chi connectivity index (χ1v) is 9.28. The molecule has 1 amide bonds. The van der Waals surface area contributed by atoms with Gasteiger partial charge in [0, 0.05) is 30.6 Å². The molecular formula is C21H21FN6O2. The van der Waals surface area contributed by atoms with Crippen LogP contribution in [-0.2, 0) is 11.8 Å². The van der Waals surface area contributed by atoms with Crippen LogP contribution >= 0.6 is 0 Å². The Morgan fingerprint density at radius 2 is 2.03 bits per heavy atom. The van der Waals surface area contributed by atoms with Gasteiger partial charge in [-0.15, -0.1) is 0 Å². The van der Waals surface area contributed by atoms with Gasteiger partial charge in [0.05, 0.1) is 24.3 Å². The van der Waals surface area contributed by atoms with E-state index < -0.39 is 11.7 Å². The number of hydrogen-bond donors (Lipinski definition) is 1. The molecule has 0 aliphatic rings. The normalized spacial score (nSPS) is 10.3. The number of amides is 1. The molecule has 0 atom stereocenters. The van der Waals surface area contributed by atoms with Gasteiger partial charge in [-0.25, -0.2) is 13.9 Å². The van der Waals surface area contributed by atoms with Crippen LogP contribution < -0.4 is 10.1 Å². The van der Waals surface area contributed by atoms with Gasteiger partial charge < -0.3 is 10.1 Å². The summed E-state index contributed by atoms with van der Waals surface area (Å²) in [6, 6.07) is 5.71. The number of carbonyl (C=O) groups excluding carboxylic acids is 1. The molecule has 0 spiro atoms. The van der Waals surface area contributed by atoms with Crippen molar-refractivity contribution in [1.82, 2.24) is 24.4 Å². The lowest BCUT2D eigenvalue weighted by molar-refractivity contribution is -0.111. The molecule has 0 fully saturated rings. The highest BCUT2D eigenvalue weighted by molar-refractivity contribution is 5.98. The molecule has 0 saturated heterocycles. The second kappa shape index (κ2) is 8.99. The van der Waals surface area contributed by atoms with Crippen molar-refractivity contribution < 1.29 is 13.9 Å². The molecule has 4 aromatic rings. The largest absolute Gasteiger partial charge is 0.434 e. The molecular weight excluding hydrogens is 387 g/mol. The van der Waals surface area contributed by atoms with Crippen LogP contribution in [0.4, 0.5) is 10.1 Å². The van der Waals surface area contributed by atoms with Crippen molar-refractivity contribution >= 4 is 17.1 Å². The predicted octanol–water partition coefficient (Wildman–Crippen LogP) is 4.21. The predicted molar refractivity (Wildman–Crippen MR) is 112 cm³/mol. The number of aryl methyl sites for hydroxylation is 1. The van der Waals surface area contributed by atoms with E-state index in [1.54, 1.807) is 47.1 Å². The van der Waals surface area contributed by atoms with E-state index in [1.807, 2.05) is 13.8 Å². The number of halogens is 1. The highest BCUT2D eigenvalue weighted by atomic mass is 19.1. The Morgan fingerprint density at radius 1 is 1.23 bits per heavy atom. The zero-order valence-electron chi connectivity index (χ0n) is 16.8. The van der Waals surface area contributed by atoms with E-state index in [4.69, 9.17) is 4.74 Å². The number of nitrogens with one attached hydrogen (secondary N) is 1. The number of rotatable bonds is 5. The van der Waals surface area contributed by atoms with Gasteiger partial charge in [-0.1, -0.05) is 20.4 Å². The number of anilines is 1. The monoisotopic (exact) mass is 408 g/mol. The van der Waals surface area contributed by atoms with Crippen LogP contribution in [0, 0.1) is 5.82 Å². The third-order valence-electron chi connectivity index (χ3n) is 3.95. The molecule has 3 aromatic heterocycles. The van der Waals surface area contributed by atoms with Gasteiger partial charge >= 0.3 is 0 Å². The fourth-order valence-corrected chi connectivity index (χ4v) is 2.62. The van der Waals surface area contributed by atoms with E-state index in [2.05, 4.69) is 27.1 Å². The lowest BCUT2D eigenvalue weighted by atomic mass is 10.2. The minimum Gasteiger partial charge on any atom is -0.434 e. The number of nitrogens with zero attached hydrogens (tertiary/aromatic N) is 5. The van der Waals surface area contributed by atoms with E-state index in [0.717, 1.165) is 11.6 Å². The van der Waals surface area contributed by atoms with Crippen LogP contribution in [0.2, 0.25) is 0 Å². The first-order valence-electron chi connectivity index (χ1n) is 9.28. The van der Waals surface area contributed by atoms with Crippen LogP contribution in [0.25, 0.3) is 16.8 Å². The highest BCUT2D eigenvalue weighted by Crippen LogP contribution is 2.31. The Bertz CT molecular complexity index is 1200. The summed E-state index contributed by atoms with van der Waals surface area (Å²) in [6.45, 7) is 7.39. The lowest BCUT2D eigenvalue weighted by Crippen LogP contribution is -2.07. The molecule has 0 saturated carbocycles. The summed E-state index contributed by atoms with van der Waals surface area (Å²) in [5.74, 6) is -0.916. The van der Waals surface area contributed by atoms with Gasteiger partial charge in [0.1, 0.15) is 5.52 Å². The standard InChI is InChI=1S/C19H15FN6O2.C2H6/c1-3-18(27)23-13-4-5-14(20)17(8-13)28-19-16-6-7-21-26(16)11-15(24-19)12-9-22-25(2)10-12;1-2/h3-11H,1H2,2H3,(H,23,27);1-2H3. The van der Waals surface area contributed by atoms with E-state index in [-0.39, 0.29) is 11.6 Å². The molecule has 0 unspecified atom stereocenters. The molecule has 9 heteroatoms. The average Bonchev–Trinajstić information content (AvgIpc) is 3.40. The summed E-state index contributed by atoms with van der Waals surface area (Å²) in [7, 11) is 1.80. The van der Waals surface area contributed by atoms with Crippen LogP contribution in [0.1, 0.15) is 13.8 Å². The number of hydrogen-bond acceptors (Lipinski definition) is 5. The van der Waals surface area contributed by atoms with Crippen LogP contribution in [-0.4, -0.2) is 30.3 Å². The number of carbonyl (C=O) groups is 1. The summed E-state index contributed by atoms with van der Waals surface area (Å²) in [5.41, 5.74) is 2.26. The molecule has 8 nitrogen and oxygen atoms in total. The SMILES string of the molecule is C=CC(=O)Nc1ccc(F)c(Oc2nc(-c3cnn(C)c3)cn3nccc23)c1.CC. The minimum atomic E-state index is -0.595. The summed E-state index contributed by atoms with van der Waals surface area (Å²) in [4.78, 5) is 16.0. The Labute approximate surface area is 172 Å². The Hall–Kier alpha value is -4.01. The summed E-state index contributed by atoms with van der Waals surface area (Å²) in [6.07, 6.45) is 7.91. The fourth-order valence-electron chi connectivity index (χ4n) is 2.62. The zero-order chi connectivity index (χ0) is 21.7. The summed E-state index contributed by atoms with van der Waals surface area (Å²) < 4.78 is 23.3. The molecule has 0 bridgehead atoms. The molecule has 1 N–H and O–H groups in total. The third kappa shape index (κ3) is 4.35. The van der Waals surface area contributed by atoms with E-state index in [1.165, 1.54) is 18.2 Å². The van der Waals surface area contributed by atoms with Crippen LogP contribution in [0.15, 0.2) is 61.7 Å². The first-order chi connectivity index (χ1) is 14.5. The molecule has 0 aliphatic heterocycles. The maximum atomic E-state index is 14.3. The van der Waals surface area contributed by atoms with Crippen molar-refractivity contribution in [3.8, 4) is 22.9 Å².